The maximum atomic E-state index is 12.4. The first-order valence-corrected chi connectivity index (χ1v) is 8.70. The minimum Gasteiger partial charge on any atom is -0.359 e. The fourth-order valence-corrected chi connectivity index (χ4v) is 3.92. The summed E-state index contributed by atoms with van der Waals surface area (Å²) in [5.41, 5.74) is 3.02. The Morgan fingerprint density at radius 2 is 1.87 bits per heavy atom. The van der Waals surface area contributed by atoms with Gasteiger partial charge in [0.15, 0.2) is 0 Å². The Morgan fingerprint density at radius 1 is 1.13 bits per heavy atom. The third-order valence-electron chi connectivity index (χ3n) is 4.08. The molecule has 2 N–H and O–H groups in total. The molecule has 0 atom stereocenters. The molecule has 0 spiro atoms. The normalized spacial score (nSPS) is 13.3. The summed E-state index contributed by atoms with van der Waals surface area (Å²) in [5, 5.41) is 5.53. The summed E-state index contributed by atoms with van der Waals surface area (Å²) < 4.78 is 0. The van der Waals surface area contributed by atoms with Gasteiger partial charge in [0.2, 0.25) is 5.91 Å². The van der Waals surface area contributed by atoms with E-state index in [1.54, 1.807) is 18.4 Å². The maximum Gasteiger partial charge on any atom is 0.265 e. The van der Waals surface area contributed by atoms with E-state index in [-0.39, 0.29) is 11.8 Å². The number of aryl methyl sites for hydroxylation is 2. The lowest BCUT2D eigenvalue weighted by atomic mass is 9.99. The standard InChI is InChI=1S/C18H20N2O2S/c1-19-17(21)10-12-6-8-14(9-7-12)20-18(22)16-11-13-4-2-3-5-15(13)23-16/h6-9,11H,2-5,10H2,1H3,(H,19,21)(H,20,22). The molecule has 1 heterocycles. The van der Waals surface area contributed by atoms with Gasteiger partial charge < -0.3 is 10.6 Å². The molecule has 1 aliphatic rings. The molecule has 0 aliphatic heterocycles. The molecule has 2 aromatic rings. The van der Waals surface area contributed by atoms with E-state index in [0.29, 0.717) is 6.42 Å². The zero-order valence-corrected chi connectivity index (χ0v) is 14.0. The average molecular weight is 328 g/mol. The molecule has 2 amide bonds. The number of rotatable bonds is 4. The third-order valence-corrected chi connectivity index (χ3v) is 5.31. The fraction of sp³-hybridized carbons (Fsp3) is 0.333. The van der Waals surface area contributed by atoms with Crippen molar-refractivity contribution in [2.24, 2.45) is 0 Å². The highest BCUT2D eigenvalue weighted by atomic mass is 32.1. The van der Waals surface area contributed by atoms with Crippen LogP contribution < -0.4 is 10.6 Å². The van der Waals surface area contributed by atoms with E-state index in [1.165, 1.54) is 23.3 Å². The van der Waals surface area contributed by atoms with E-state index in [4.69, 9.17) is 0 Å². The third kappa shape index (κ3) is 3.79. The predicted molar refractivity (Wildman–Crippen MR) is 93.1 cm³/mol. The van der Waals surface area contributed by atoms with E-state index in [2.05, 4.69) is 10.6 Å². The number of carbonyl (C=O) groups is 2. The quantitative estimate of drug-likeness (QED) is 0.906. The molecular formula is C18H20N2O2S. The van der Waals surface area contributed by atoms with Gasteiger partial charge in [0.25, 0.3) is 5.91 Å². The van der Waals surface area contributed by atoms with Gasteiger partial charge in [-0.25, -0.2) is 0 Å². The molecule has 0 bridgehead atoms. The minimum absolute atomic E-state index is 0.0223. The van der Waals surface area contributed by atoms with Gasteiger partial charge in [0.05, 0.1) is 11.3 Å². The van der Waals surface area contributed by atoms with E-state index in [0.717, 1.165) is 29.0 Å². The maximum absolute atomic E-state index is 12.4. The zero-order chi connectivity index (χ0) is 16.2. The lowest BCUT2D eigenvalue weighted by molar-refractivity contribution is -0.119. The van der Waals surface area contributed by atoms with E-state index in [1.807, 2.05) is 30.3 Å². The molecule has 0 fully saturated rings. The van der Waals surface area contributed by atoms with Crippen molar-refractivity contribution < 1.29 is 9.59 Å². The second-order valence-corrected chi connectivity index (χ2v) is 6.90. The Balaban J connectivity index is 1.65. The highest BCUT2D eigenvalue weighted by Gasteiger charge is 2.17. The van der Waals surface area contributed by atoms with Crippen molar-refractivity contribution in [1.29, 1.82) is 0 Å². The Bertz CT molecular complexity index is 696. The summed E-state index contributed by atoms with van der Waals surface area (Å²) >= 11 is 1.61. The number of thiophene rings is 1. The largest absolute Gasteiger partial charge is 0.359 e. The number of hydrogen-bond acceptors (Lipinski definition) is 3. The Labute approximate surface area is 139 Å². The van der Waals surface area contributed by atoms with E-state index < -0.39 is 0 Å². The molecule has 0 radical (unpaired) electrons. The highest BCUT2D eigenvalue weighted by molar-refractivity contribution is 7.14. The number of hydrogen-bond donors (Lipinski definition) is 2. The number of anilines is 1. The molecule has 120 valence electrons. The minimum atomic E-state index is -0.0524. The van der Waals surface area contributed by atoms with Crippen LogP contribution >= 0.6 is 11.3 Å². The smallest absolute Gasteiger partial charge is 0.265 e. The summed E-state index contributed by atoms with van der Waals surface area (Å²) in [4.78, 5) is 25.9. The Hall–Kier alpha value is -2.14. The molecule has 1 aliphatic carbocycles. The van der Waals surface area contributed by atoms with Crippen molar-refractivity contribution in [2.45, 2.75) is 32.1 Å². The molecule has 1 aromatic heterocycles. The van der Waals surface area contributed by atoms with Gasteiger partial charge in [-0.3, -0.25) is 9.59 Å². The number of benzene rings is 1. The van der Waals surface area contributed by atoms with Gasteiger partial charge in [-0.05, 0) is 55.0 Å². The lowest BCUT2D eigenvalue weighted by Crippen LogP contribution is -2.19. The Morgan fingerprint density at radius 3 is 2.57 bits per heavy atom. The first-order chi connectivity index (χ1) is 11.2. The van der Waals surface area contributed by atoms with Crippen LogP contribution in [-0.2, 0) is 24.1 Å². The van der Waals surface area contributed by atoms with Crippen molar-refractivity contribution in [3.8, 4) is 0 Å². The summed E-state index contributed by atoms with van der Waals surface area (Å²) in [5.74, 6) is -0.0746. The van der Waals surface area contributed by atoms with Gasteiger partial charge in [0, 0.05) is 17.6 Å². The van der Waals surface area contributed by atoms with Crippen molar-refractivity contribution in [1.82, 2.24) is 5.32 Å². The predicted octanol–water partition coefficient (Wildman–Crippen LogP) is 3.17. The first-order valence-electron chi connectivity index (χ1n) is 7.88. The van der Waals surface area contributed by atoms with E-state index in [9.17, 15) is 9.59 Å². The van der Waals surface area contributed by atoms with Crippen LogP contribution in [0.5, 0.6) is 0 Å². The lowest BCUT2D eigenvalue weighted by Gasteiger charge is -2.08. The number of nitrogens with one attached hydrogen (secondary N) is 2. The van der Waals surface area contributed by atoms with Crippen LogP contribution in [0.15, 0.2) is 30.3 Å². The molecule has 1 aromatic carbocycles. The second kappa shape index (κ2) is 6.96. The molecule has 23 heavy (non-hydrogen) atoms. The van der Waals surface area contributed by atoms with E-state index >= 15 is 0 Å². The van der Waals surface area contributed by atoms with Crippen LogP contribution in [0.3, 0.4) is 0 Å². The highest BCUT2D eigenvalue weighted by Crippen LogP contribution is 2.30. The van der Waals surface area contributed by atoms with Crippen LogP contribution in [0.2, 0.25) is 0 Å². The van der Waals surface area contributed by atoms with Crippen molar-refractivity contribution >= 4 is 28.8 Å². The van der Waals surface area contributed by atoms with Gasteiger partial charge in [-0.15, -0.1) is 11.3 Å². The second-order valence-electron chi connectivity index (χ2n) is 5.77. The van der Waals surface area contributed by atoms with Crippen molar-refractivity contribution in [3.05, 3.63) is 51.2 Å². The summed E-state index contributed by atoms with van der Waals surface area (Å²) in [7, 11) is 1.62. The molecule has 0 saturated carbocycles. The van der Waals surface area contributed by atoms with Crippen LogP contribution in [-0.4, -0.2) is 18.9 Å². The fourth-order valence-electron chi connectivity index (χ4n) is 2.77. The number of likely N-dealkylation sites (N-methyl/N-ethyl adjacent to an activating group) is 1. The van der Waals surface area contributed by atoms with Crippen molar-refractivity contribution in [2.75, 3.05) is 12.4 Å². The van der Waals surface area contributed by atoms with Crippen LogP contribution in [0, 0.1) is 0 Å². The van der Waals surface area contributed by atoms with Crippen LogP contribution in [0.1, 0.15) is 38.5 Å². The molecule has 4 nitrogen and oxygen atoms in total. The average Bonchev–Trinajstić information content (AvgIpc) is 3.00. The van der Waals surface area contributed by atoms with Gasteiger partial charge in [0.1, 0.15) is 0 Å². The van der Waals surface area contributed by atoms with Crippen LogP contribution in [0.25, 0.3) is 0 Å². The topological polar surface area (TPSA) is 58.2 Å². The van der Waals surface area contributed by atoms with Crippen LogP contribution in [0.4, 0.5) is 5.69 Å². The van der Waals surface area contributed by atoms with Crippen molar-refractivity contribution in [3.63, 3.8) is 0 Å². The summed E-state index contributed by atoms with van der Waals surface area (Å²) in [6.07, 6.45) is 4.98. The number of carbonyl (C=O) groups excluding carboxylic acids is 2. The summed E-state index contributed by atoms with van der Waals surface area (Å²) in [6.45, 7) is 0. The Kier molecular flexibility index (Phi) is 4.76. The molecule has 0 unspecified atom stereocenters. The molecule has 3 rings (SSSR count). The van der Waals surface area contributed by atoms with Gasteiger partial charge >= 0.3 is 0 Å². The first kappa shape index (κ1) is 15.7. The number of amides is 2. The zero-order valence-electron chi connectivity index (χ0n) is 13.1. The number of fused-ring (bicyclic) bond motifs is 1. The summed E-state index contributed by atoms with van der Waals surface area (Å²) in [6, 6.07) is 9.44. The van der Waals surface area contributed by atoms with Gasteiger partial charge in [-0.1, -0.05) is 12.1 Å². The molecular weight excluding hydrogens is 308 g/mol. The SMILES string of the molecule is CNC(=O)Cc1ccc(NC(=O)c2cc3c(s2)CCCC3)cc1. The van der Waals surface area contributed by atoms with Gasteiger partial charge in [-0.2, -0.15) is 0 Å². The monoisotopic (exact) mass is 328 g/mol. The molecule has 0 saturated heterocycles. The molecule has 5 heteroatoms.